The third-order valence-electron chi connectivity index (χ3n) is 2.97. The summed E-state index contributed by atoms with van der Waals surface area (Å²) < 4.78 is 0. The average molecular weight is 215 g/mol. The van der Waals surface area contributed by atoms with Crippen LogP contribution in [0.15, 0.2) is 0 Å². The summed E-state index contributed by atoms with van der Waals surface area (Å²) in [5.74, 6) is 0. The maximum absolute atomic E-state index is 9.73. The number of hydrogen-bond acceptors (Lipinski definition) is 2. The standard InChI is InChI=1S/C13H29NO/c1-3-5-6-7-8-9-11-13(15)12(14)10-4-2/h12-13,15H,3-11,14H2,1-2H3/t12-,13+/m0/s1. The van der Waals surface area contributed by atoms with E-state index in [2.05, 4.69) is 13.8 Å². The first-order chi connectivity index (χ1) is 7.22. The minimum absolute atomic E-state index is 0.00866. The van der Waals surface area contributed by atoms with Crippen LogP contribution in [0.1, 0.15) is 71.6 Å². The highest BCUT2D eigenvalue weighted by atomic mass is 16.3. The van der Waals surface area contributed by atoms with E-state index >= 15 is 0 Å². The molecular formula is C13H29NO. The van der Waals surface area contributed by atoms with Crippen LogP contribution in [0.25, 0.3) is 0 Å². The zero-order chi connectivity index (χ0) is 11.5. The molecule has 0 bridgehead atoms. The number of aliphatic hydroxyl groups is 1. The van der Waals surface area contributed by atoms with E-state index in [1.807, 2.05) is 0 Å². The van der Waals surface area contributed by atoms with Crippen LogP contribution < -0.4 is 5.73 Å². The van der Waals surface area contributed by atoms with Gasteiger partial charge in [-0.15, -0.1) is 0 Å². The van der Waals surface area contributed by atoms with Gasteiger partial charge in [-0.25, -0.2) is 0 Å². The molecule has 3 N–H and O–H groups in total. The number of nitrogens with two attached hydrogens (primary N) is 1. The Morgan fingerprint density at radius 1 is 0.867 bits per heavy atom. The Hall–Kier alpha value is -0.0800. The highest BCUT2D eigenvalue weighted by Gasteiger charge is 2.12. The summed E-state index contributed by atoms with van der Waals surface area (Å²) in [7, 11) is 0. The van der Waals surface area contributed by atoms with E-state index in [1.165, 1.54) is 32.1 Å². The summed E-state index contributed by atoms with van der Waals surface area (Å²) in [6.45, 7) is 4.34. The number of aliphatic hydroxyl groups excluding tert-OH is 1. The largest absolute Gasteiger partial charge is 0.392 e. The molecule has 0 fully saturated rings. The smallest absolute Gasteiger partial charge is 0.0691 e. The lowest BCUT2D eigenvalue weighted by Gasteiger charge is -2.17. The first kappa shape index (κ1) is 14.9. The molecule has 0 spiro atoms. The van der Waals surface area contributed by atoms with E-state index in [9.17, 15) is 5.11 Å². The summed E-state index contributed by atoms with van der Waals surface area (Å²) in [4.78, 5) is 0. The van der Waals surface area contributed by atoms with Gasteiger partial charge in [0.2, 0.25) is 0 Å². The molecule has 0 aromatic heterocycles. The first-order valence-corrected chi connectivity index (χ1v) is 6.66. The van der Waals surface area contributed by atoms with Crippen LogP contribution in [0, 0.1) is 0 Å². The van der Waals surface area contributed by atoms with Crippen molar-refractivity contribution in [2.45, 2.75) is 83.8 Å². The van der Waals surface area contributed by atoms with E-state index in [-0.39, 0.29) is 12.1 Å². The molecule has 0 aliphatic heterocycles. The Balaban J connectivity index is 3.26. The molecule has 0 saturated carbocycles. The fourth-order valence-electron chi connectivity index (χ4n) is 1.87. The Morgan fingerprint density at radius 3 is 2.07 bits per heavy atom. The van der Waals surface area contributed by atoms with Crippen molar-refractivity contribution in [1.29, 1.82) is 0 Å². The molecule has 15 heavy (non-hydrogen) atoms. The van der Waals surface area contributed by atoms with Crippen molar-refractivity contribution in [3.05, 3.63) is 0 Å². The van der Waals surface area contributed by atoms with Crippen molar-refractivity contribution in [2.75, 3.05) is 0 Å². The topological polar surface area (TPSA) is 46.2 Å². The van der Waals surface area contributed by atoms with Crippen LogP contribution in [0.5, 0.6) is 0 Å². The molecule has 92 valence electrons. The van der Waals surface area contributed by atoms with Gasteiger partial charge >= 0.3 is 0 Å². The lowest BCUT2D eigenvalue weighted by Crippen LogP contribution is -2.34. The summed E-state index contributed by atoms with van der Waals surface area (Å²) in [5, 5.41) is 9.73. The molecule has 0 aromatic carbocycles. The van der Waals surface area contributed by atoms with Crippen LogP contribution in [0.2, 0.25) is 0 Å². The maximum Gasteiger partial charge on any atom is 0.0691 e. The van der Waals surface area contributed by atoms with Gasteiger partial charge in [0.1, 0.15) is 0 Å². The third-order valence-corrected chi connectivity index (χ3v) is 2.97. The van der Waals surface area contributed by atoms with Gasteiger partial charge in [0.05, 0.1) is 6.10 Å². The lowest BCUT2D eigenvalue weighted by molar-refractivity contribution is 0.127. The second kappa shape index (κ2) is 10.4. The first-order valence-electron chi connectivity index (χ1n) is 6.66. The van der Waals surface area contributed by atoms with Crippen molar-refractivity contribution in [2.24, 2.45) is 5.73 Å². The highest BCUT2D eigenvalue weighted by molar-refractivity contribution is 4.70. The Bertz CT molecular complexity index is 128. The fourth-order valence-corrected chi connectivity index (χ4v) is 1.87. The SMILES string of the molecule is CCCCCCCC[C@@H](O)[C@@H](N)CCC. The van der Waals surface area contributed by atoms with Crippen LogP contribution in [-0.2, 0) is 0 Å². The summed E-state index contributed by atoms with van der Waals surface area (Å²) >= 11 is 0. The predicted molar refractivity (Wildman–Crippen MR) is 66.9 cm³/mol. The van der Waals surface area contributed by atoms with Gasteiger partial charge in [-0.05, 0) is 12.8 Å². The van der Waals surface area contributed by atoms with Crippen molar-refractivity contribution in [3.63, 3.8) is 0 Å². The van der Waals surface area contributed by atoms with Crippen molar-refractivity contribution >= 4 is 0 Å². The number of unbranched alkanes of at least 4 members (excludes halogenated alkanes) is 5. The van der Waals surface area contributed by atoms with E-state index in [0.29, 0.717) is 0 Å². The van der Waals surface area contributed by atoms with Crippen LogP contribution >= 0.6 is 0 Å². The van der Waals surface area contributed by atoms with Gasteiger partial charge in [0.25, 0.3) is 0 Å². The highest BCUT2D eigenvalue weighted by Crippen LogP contribution is 2.11. The van der Waals surface area contributed by atoms with Gasteiger partial charge in [-0.2, -0.15) is 0 Å². The zero-order valence-electron chi connectivity index (χ0n) is 10.5. The Labute approximate surface area is 95.3 Å². The lowest BCUT2D eigenvalue weighted by atomic mass is 10.0. The van der Waals surface area contributed by atoms with Crippen molar-refractivity contribution in [1.82, 2.24) is 0 Å². The number of hydrogen-bond donors (Lipinski definition) is 2. The average Bonchev–Trinajstić information content (AvgIpc) is 2.23. The molecule has 0 aromatic rings. The quantitative estimate of drug-likeness (QED) is 0.550. The van der Waals surface area contributed by atoms with Crippen molar-refractivity contribution < 1.29 is 5.11 Å². The zero-order valence-corrected chi connectivity index (χ0v) is 10.5. The van der Waals surface area contributed by atoms with Gasteiger partial charge in [0, 0.05) is 6.04 Å². The van der Waals surface area contributed by atoms with Gasteiger partial charge in [-0.3, -0.25) is 0 Å². The van der Waals surface area contributed by atoms with Gasteiger partial charge in [-0.1, -0.05) is 58.8 Å². The number of rotatable bonds is 10. The second-order valence-corrected chi connectivity index (χ2v) is 4.58. The summed E-state index contributed by atoms with van der Waals surface area (Å²) in [6, 6.07) is -0.00866. The minimum Gasteiger partial charge on any atom is -0.392 e. The molecule has 2 nitrogen and oxygen atoms in total. The van der Waals surface area contributed by atoms with Crippen molar-refractivity contribution in [3.8, 4) is 0 Å². The second-order valence-electron chi connectivity index (χ2n) is 4.58. The molecule has 0 saturated heterocycles. The van der Waals surface area contributed by atoms with Crippen LogP contribution in [0.4, 0.5) is 0 Å². The van der Waals surface area contributed by atoms with Gasteiger partial charge < -0.3 is 10.8 Å². The van der Waals surface area contributed by atoms with E-state index in [4.69, 9.17) is 5.73 Å². The normalized spacial score (nSPS) is 15.2. The fraction of sp³-hybridized carbons (Fsp3) is 1.00. The van der Waals surface area contributed by atoms with E-state index in [1.54, 1.807) is 0 Å². The molecule has 0 aliphatic rings. The third kappa shape index (κ3) is 8.88. The Kier molecular flexibility index (Phi) is 10.4. The summed E-state index contributed by atoms with van der Waals surface area (Å²) in [6.07, 6.45) is 10.3. The Morgan fingerprint density at radius 2 is 1.47 bits per heavy atom. The molecule has 0 amide bonds. The molecule has 0 aliphatic carbocycles. The monoisotopic (exact) mass is 215 g/mol. The van der Waals surface area contributed by atoms with E-state index in [0.717, 1.165) is 25.7 Å². The molecule has 0 heterocycles. The van der Waals surface area contributed by atoms with Crippen LogP contribution in [0.3, 0.4) is 0 Å². The molecule has 0 unspecified atom stereocenters. The molecule has 0 rings (SSSR count). The maximum atomic E-state index is 9.73. The van der Waals surface area contributed by atoms with Crippen LogP contribution in [-0.4, -0.2) is 17.3 Å². The molecular weight excluding hydrogens is 186 g/mol. The minimum atomic E-state index is -0.281. The van der Waals surface area contributed by atoms with Gasteiger partial charge in [0.15, 0.2) is 0 Å². The van der Waals surface area contributed by atoms with E-state index < -0.39 is 0 Å². The predicted octanol–water partition coefficient (Wildman–Crippen LogP) is 3.23. The molecule has 2 atom stereocenters. The summed E-state index contributed by atoms with van der Waals surface area (Å²) in [5.41, 5.74) is 5.84. The molecule has 2 heteroatoms. The molecule has 0 radical (unpaired) electrons.